The van der Waals surface area contributed by atoms with Crippen LogP contribution in [-0.2, 0) is 6.54 Å². The Labute approximate surface area is 139 Å². The molecule has 0 saturated heterocycles. The molecule has 2 rings (SSSR count). The minimum atomic E-state index is -0.497. The average molecular weight is 319 g/mol. The Morgan fingerprint density at radius 1 is 1.39 bits per heavy atom. The molecule has 1 saturated carbocycles. The van der Waals surface area contributed by atoms with Crippen LogP contribution in [0, 0.1) is 5.92 Å². The molecule has 5 heteroatoms. The van der Waals surface area contributed by atoms with Crippen LogP contribution in [-0.4, -0.2) is 47.8 Å². The van der Waals surface area contributed by atoms with E-state index in [-0.39, 0.29) is 18.7 Å². The summed E-state index contributed by atoms with van der Waals surface area (Å²) in [6.45, 7) is 5.40. The summed E-state index contributed by atoms with van der Waals surface area (Å²) in [6.07, 6.45) is 2.15. The molecule has 2 atom stereocenters. The lowest BCUT2D eigenvalue weighted by atomic mass is 9.97. The molecule has 0 heterocycles. The molecule has 0 aromatic heterocycles. The third-order valence-corrected chi connectivity index (χ3v) is 4.79. The first-order valence-corrected chi connectivity index (χ1v) is 8.35. The van der Waals surface area contributed by atoms with Crippen molar-refractivity contribution in [3.05, 3.63) is 35.9 Å². The second-order valence-electron chi connectivity index (χ2n) is 6.93. The van der Waals surface area contributed by atoms with Crippen LogP contribution in [0.25, 0.3) is 0 Å². The van der Waals surface area contributed by atoms with Crippen LogP contribution >= 0.6 is 0 Å². The zero-order valence-corrected chi connectivity index (χ0v) is 14.4. The van der Waals surface area contributed by atoms with Crippen LogP contribution in [0.5, 0.6) is 0 Å². The molecule has 5 nitrogen and oxygen atoms in total. The fourth-order valence-electron chi connectivity index (χ4n) is 2.72. The normalized spacial score (nSPS) is 18.3. The maximum absolute atomic E-state index is 12.1. The number of aliphatic hydroxyl groups is 1. The maximum Gasteiger partial charge on any atom is 0.315 e. The number of benzene rings is 1. The molecule has 2 amide bonds. The van der Waals surface area contributed by atoms with Crippen LogP contribution < -0.4 is 10.6 Å². The van der Waals surface area contributed by atoms with Gasteiger partial charge in [0.2, 0.25) is 0 Å². The van der Waals surface area contributed by atoms with Gasteiger partial charge in [-0.3, -0.25) is 4.90 Å². The minimum Gasteiger partial charge on any atom is -0.394 e. The van der Waals surface area contributed by atoms with Crippen molar-refractivity contribution in [2.24, 2.45) is 5.92 Å². The van der Waals surface area contributed by atoms with Crippen molar-refractivity contribution in [1.82, 2.24) is 15.5 Å². The lowest BCUT2D eigenvalue weighted by molar-refractivity contribution is 0.153. The van der Waals surface area contributed by atoms with Gasteiger partial charge in [0.15, 0.2) is 0 Å². The van der Waals surface area contributed by atoms with Gasteiger partial charge in [-0.1, -0.05) is 30.3 Å². The van der Waals surface area contributed by atoms with Crippen molar-refractivity contribution in [3.8, 4) is 0 Å². The Bertz CT molecular complexity index is 504. The van der Waals surface area contributed by atoms with Crippen molar-refractivity contribution in [3.63, 3.8) is 0 Å². The van der Waals surface area contributed by atoms with Gasteiger partial charge in [0.25, 0.3) is 0 Å². The Balaban J connectivity index is 1.74. The fraction of sp³-hybridized carbons (Fsp3) is 0.611. The van der Waals surface area contributed by atoms with Gasteiger partial charge in [0, 0.05) is 19.1 Å². The summed E-state index contributed by atoms with van der Waals surface area (Å²) in [4.78, 5) is 14.3. The van der Waals surface area contributed by atoms with Gasteiger partial charge < -0.3 is 15.7 Å². The van der Waals surface area contributed by atoms with Gasteiger partial charge >= 0.3 is 6.03 Å². The molecule has 0 radical (unpaired) electrons. The van der Waals surface area contributed by atoms with Crippen LogP contribution in [0.4, 0.5) is 4.79 Å². The summed E-state index contributed by atoms with van der Waals surface area (Å²) < 4.78 is 0. The van der Waals surface area contributed by atoms with Crippen LogP contribution in [0.2, 0.25) is 0 Å². The van der Waals surface area contributed by atoms with Crippen molar-refractivity contribution in [1.29, 1.82) is 0 Å². The molecule has 0 spiro atoms. The van der Waals surface area contributed by atoms with E-state index in [2.05, 4.69) is 41.6 Å². The van der Waals surface area contributed by atoms with Crippen molar-refractivity contribution in [2.45, 2.75) is 44.8 Å². The third kappa shape index (κ3) is 5.22. The number of hydrogen-bond donors (Lipinski definition) is 3. The van der Waals surface area contributed by atoms with Gasteiger partial charge in [0.1, 0.15) is 0 Å². The second-order valence-corrected chi connectivity index (χ2v) is 6.93. The lowest BCUT2D eigenvalue weighted by Crippen LogP contribution is -2.55. The summed E-state index contributed by atoms with van der Waals surface area (Å²) in [5, 5.41) is 15.4. The molecule has 1 aliphatic rings. The lowest BCUT2D eigenvalue weighted by Gasteiger charge is -2.30. The van der Waals surface area contributed by atoms with Crippen LogP contribution in [0.1, 0.15) is 32.3 Å². The summed E-state index contributed by atoms with van der Waals surface area (Å²) in [6, 6.07) is 10.3. The number of nitrogens with one attached hydrogen (secondary N) is 2. The predicted octanol–water partition coefficient (Wildman–Crippen LogP) is 1.97. The molecule has 3 N–H and O–H groups in total. The molecule has 23 heavy (non-hydrogen) atoms. The van der Waals surface area contributed by atoms with E-state index in [4.69, 9.17) is 0 Å². The first-order chi connectivity index (χ1) is 10.9. The Morgan fingerprint density at radius 3 is 2.61 bits per heavy atom. The zero-order valence-electron chi connectivity index (χ0n) is 14.4. The molecule has 0 aliphatic heterocycles. The highest BCUT2D eigenvalue weighted by molar-refractivity contribution is 5.74. The average Bonchev–Trinajstić information content (AvgIpc) is 3.38. The molecule has 2 unspecified atom stereocenters. The molecule has 1 aromatic rings. The molecule has 1 aromatic carbocycles. The van der Waals surface area contributed by atoms with E-state index in [1.165, 1.54) is 5.56 Å². The summed E-state index contributed by atoms with van der Waals surface area (Å²) in [7, 11) is 2.05. The molecule has 1 fully saturated rings. The molecule has 128 valence electrons. The van der Waals surface area contributed by atoms with Gasteiger partial charge in [-0.25, -0.2) is 4.79 Å². The summed E-state index contributed by atoms with van der Waals surface area (Å²) in [5.41, 5.74) is 0.761. The molecule has 1 aliphatic carbocycles. The van der Waals surface area contributed by atoms with Gasteiger partial charge in [0.05, 0.1) is 12.1 Å². The Kier molecular flexibility index (Phi) is 6.02. The van der Waals surface area contributed by atoms with E-state index >= 15 is 0 Å². The number of urea groups is 1. The molecular formula is C18H29N3O2. The van der Waals surface area contributed by atoms with Gasteiger partial charge in [-0.05, 0) is 45.2 Å². The van der Waals surface area contributed by atoms with E-state index in [9.17, 15) is 9.90 Å². The van der Waals surface area contributed by atoms with Crippen molar-refractivity contribution < 1.29 is 9.90 Å². The number of aliphatic hydroxyl groups excluding tert-OH is 1. The predicted molar refractivity (Wildman–Crippen MR) is 92.1 cm³/mol. The van der Waals surface area contributed by atoms with E-state index in [1.54, 1.807) is 0 Å². The van der Waals surface area contributed by atoms with E-state index < -0.39 is 5.54 Å². The third-order valence-electron chi connectivity index (χ3n) is 4.79. The van der Waals surface area contributed by atoms with E-state index in [0.29, 0.717) is 12.5 Å². The zero-order chi connectivity index (χ0) is 16.9. The highest BCUT2D eigenvalue weighted by Gasteiger charge is 2.42. The largest absolute Gasteiger partial charge is 0.394 e. The Hall–Kier alpha value is -1.59. The van der Waals surface area contributed by atoms with Gasteiger partial charge in [-0.2, -0.15) is 0 Å². The monoisotopic (exact) mass is 319 g/mol. The van der Waals surface area contributed by atoms with E-state index in [0.717, 1.165) is 19.4 Å². The number of rotatable bonds is 8. The Morgan fingerprint density at radius 2 is 2.04 bits per heavy atom. The van der Waals surface area contributed by atoms with Crippen LogP contribution in [0.15, 0.2) is 30.3 Å². The number of carbonyl (C=O) groups is 1. The second kappa shape index (κ2) is 7.79. The summed E-state index contributed by atoms with van der Waals surface area (Å²) >= 11 is 0. The highest BCUT2D eigenvalue weighted by atomic mass is 16.3. The van der Waals surface area contributed by atoms with Crippen molar-refractivity contribution >= 4 is 6.03 Å². The standard InChI is InChI=1S/C18H29N3O2/c1-14(21(3)12-15-7-5-4-6-8-15)11-19-17(23)20-18(2,13-22)16-9-10-16/h4-8,14,16,22H,9-13H2,1-3H3,(H2,19,20,23). The maximum atomic E-state index is 12.1. The SMILES string of the molecule is CC(CNC(=O)NC(C)(CO)C1CC1)N(C)Cc1ccccc1. The van der Waals surface area contributed by atoms with Crippen LogP contribution in [0.3, 0.4) is 0 Å². The van der Waals surface area contributed by atoms with E-state index in [1.807, 2.05) is 25.1 Å². The smallest absolute Gasteiger partial charge is 0.315 e. The van der Waals surface area contributed by atoms with Gasteiger partial charge in [-0.15, -0.1) is 0 Å². The topological polar surface area (TPSA) is 64.6 Å². The first-order valence-electron chi connectivity index (χ1n) is 8.35. The number of likely N-dealkylation sites (N-methyl/N-ethyl adjacent to an activating group) is 1. The minimum absolute atomic E-state index is 0.0193. The molecular weight excluding hydrogens is 290 g/mol. The summed E-state index contributed by atoms with van der Waals surface area (Å²) in [5.74, 6) is 0.399. The quantitative estimate of drug-likeness (QED) is 0.686. The number of amides is 2. The van der Waals surface area contributed by atoms with Crippen molar-refractivity contribution in [2.75, 3.05) is 20.2 Å². The fourth-order valence-corrected chi connectivity index (χ4v) is 2.72. The number of carbonyl (C=O) groups excluding carboxylic acids is 1. The molecule has 0 bridgehead atoms. The first kappa shape index (κ1) is 17.8. The number of hydrogen-bond acceptors (Lipinski definition) is 3. The highest BCUT2D eigenvalue weighted by Crippen LogP contribution is 2.39. The number of nitrogens with zero attached hydrogens (tertiary/aromatic N) is 1.